The van der Waals surface area contributed by atoms with Crippen LogP contribution in [0.2, 0.25) is 0 Å². The second-order valence-corrected chi connectivity index (χ2v) is 9.30. The zero-order chi connectivity index (χ0) is 17.9. The molecule has 25 heavy (non-hydrogen) atoms. The first-order chi connectivity index (χ1) is 11.9. The lowest BCUT2D eigenvalue weighted by molar-refractivity contribution is -0.143. The molecule has 3 aliphatic rings. The van der Waals surface area contributed by atoms with Gasteiger partial charge in [0, 0.05) is 15.3 Å². The summed E-state index contributed by atoms with van der Waals surface area (Å²) in [4.78, 5) is 39.4. The van der Waals surface area contributed by atoms with Crippen LogP contribution < -0.4 is 5.32 Å². The van der Waals surface area contributed by atoms with Gasteiger partial charge in [-0.3, -0.25) is 19.3 Å². The van der Waals surface area contributed by atoms with Crippen molar-refractivity contribution in [1.82, 2.24) is 4.90 Å². The Morgan fingerprint density at radius 1 is 1.08 bits per heavy atom. The molecule has 1 heterocycles. The summed E-state index contributed by atoms with van der Waals surface area (Å²) in [6, 6.07) is 7.41. The summed E-state index contributed by atoms with van der Waals surface area (Å²) in [6.45, 7) is 1.76. The van der Waals surface area contributed by atoms with E-state index in [1.54, 1.807) is 12.1 Å². The van der Waals surface area contributed by atoms with E-state index in [0.29, 0.717) is 5.69 Å². The third-order valence-corrected chi connectivity index (χ3v) is 8.92. The molecule has 132 valence electrons. The lowest BCUT2D eigenvalue weighted by Crippen LogP contribution is -2.39. The Morgan fingerprint density at radius 2 is 1.60 bits per heavy atom. The predicted octanol–water partition coefficient (Wildman–Crippen LogP) is 2.71. The van der Waals surface area contributed by atoms with Crippen LogP contribution in [-0.2, 0) is 14.4 Å². The van der Waals surface area contributed by atoms with Gasteiger partial charge in [0.1, 0.15) is 6.54 Å². The highest BCUT2D eigenvalue weighted by Crippen LogP contribution is 2.60. The zero-order valence-corrected chi connectivity index (χ0v) is 16.8. The number of likely N-dealkylation sites (tertiary alicyclic amines) is 1. The summed E-state index contributed by atoms with van der Waals surface area (Å²) >= 11 is 7.31. The number of fused-ring (bicyclic) bond motifs is 5. The summed E-state index contributed by atoms with van der Waals surface area (Å²) in [7, 11) is 0. The highest BCUT2D eigenvalue weighted by atomic mass is 79.9. The van der Waals surface area contributed by atoms with E-state index in [-0.39, 0.29) is 57.6 Å². The van der Waals surface area contributed by atoms with Gasteiger partial charge >= 0.3 is 0 Å². The van der Waals surface area contributed by atoms with E-state index in [2.05, 4.69) is 37.2 Å². The van der Waals surface area contributed by atoms with E-state index in [4.69, 9.17) is 0 Å². The number of aryl methyl sites for hydroxylation is 1. The monoisotopic (exact) mass is 468 g/mol. The fourth-order valence-electron chi connectivity index (χ4n) is 4.55. The molecule has 0 spiro atoms. The quantitative estimate of drug-likeness (QED) is 0.546. The van der Waals surface area contributed by atoms with Crippen molar-refractivity contribution in [3.63, 3.8) is 0 Å². The standard InChI is InChI=1S/C18H18Br2N2O3/c1-8-2-4-9(5-3-8)21-12(23)7-22-17(24)13-10-6-11(14(13)18(22)25)16(20)15(10)19/h2-5,10-11,13-16H,6-7H2,1H3,(H,21,23)/t10-,11-,13-,14+,15-,16+/m1/s1. The van der Waals surface area contributed by atoms with E-state index in [0.717, 1.165) is 16.9 Å². The van der Waals surface area contributed by atoms with Gasteiger partial charge in [-0.1, -0.05) is 49.6 Å². The van der Waals surface area contributed by atoms with Crippen LogP contribution >= 0.6 is 31.9 Å². The van der Waals surface area contributed by atoms with Crippen LogP contribution in [0.25, 0.3) is 0 Å². The van der Waals surface area contributed by atoms with E-state index in [1.165, 1.54) is 0 Å². The maximum absolute atomic E-state index is 12.8. The molecule has 1 aromatic carbocycles. The Morgan fingerprint density at radius 3 is 2.12 bits per heavy atom. The number of nitrogens with zero attached hydrogens (tertiary/aromatic N) is 1. The molecule has 1 saturated heterocycles. The predicted molar refractivity (Wildman–Crippen MR) is 101 cm³/mol. The average molecular weight is 470 g/mol. The van der Waals surface area contributed by atoms with E-state index < -0.39 is 0 Å². The Bertz CT molecular complexity index is 719. The fraction of sp³-hybridized carbons (Fsp3) is 0.500. The topological polar surface area (TPSA) is 66.5 Å². The van der Waals surface area contributed by atoms with Crippen molar-refractivity contribution in [1.29, 1.82) is 0 Å². The number of alkyl halides is 2. The molecule has 2 bridgehead atoms. The molecule has 1 aromatic rings. The minimum atomic E-state index is -0.344. The molecular formula is C18H18Br2N2O3. The maximum Gasteiger partial charge on any atom is 0.244 e. The fourth-order valence-corrected chi connectivity index (χ4v) is 6.42. The number of carbonyl (C=O) groups is 3. The van der Waals surface area contributed by atoms with Crippen molar-refractivity contribution >= 4 is 55.3 Å². The second kappa shape index (κ2) is 6.20. The third-order valence-electron chi connectivity index (χ3n) is 5.72. The number of anilines is 1. The third kappa shape index (κ3) is 2.67. The summed E-state index contributed by atoms with van der Waals surface area (Å²) < 4.78 is 0. The second-order valence-electron chi connectivity index (χ2n) is 7.18. The minimum absolute atomic E-state index is 0.168. The first-order valence-corrected chi connectivity index (χ1v) is 10.2. The molecule has 2 saturated carbocycles. The number of hydrogen-bond donors (Lipinski definition) is 1. The van der Waals surface area contributed by atoms with Gasteiger partial charge in [-0.2, -0.15) is 0 Å². The highest BCUT2D eigenvalue weighted by Gasteiger charge is 2.66. The Labute approximate surface area is 162 Å². The average Bonchev–Trinajstić information content (AvgIpc) is 3.17. The molecule has 0 aromatic heterocycles. The zero-order valence-electron chi connectivity index (χ0n) is 13.6. The Balaban J connectivity index is 1.47. The summed E-state index contributed by atoms with van der Waals surface area (Å²) in [6.07, 6.45) is 0.891. The molecule has 7 heteroatoms. The smallest absolute Gasteiger partial charge is 0.244 e. The maximum atomic E-state index is 12.8. The van der Waals surface area contributed by atoms with Gasteiger partial charge in [0.15, 0.2) is 0 Å². The van der Waals surface area contributed by atoms with Crippen LogP contribution in [0.15, 0.2) is 24.3 Å². The van der Waals surface area contributed by atoms with Gasteiger partial charge in [0.2, 0.25) is 17.7 Å². The van der Waals surface area contributed by atoms with Crippen molar-refractivity contribution < 1.29 is 14.4 Å². The van der Waals surface area contributed by atoms with Gasteiger partial charge in [-0.05, 0) is 37.3 Å². The Hall–Kier alpha value is -1.21. The van der Waals surface area contributed by atoms with Crippen molar-refractivity contribution in [2.24, 2.45) is 23.7 Å². The van der Waals surface area contributed by atoms with E-state index >= 15 is 0 Å². The summed E-state index contributed by atoms with van der Waals surface area (Å²) in [5.74, 6) is -0.938. The van der Waals surface area contributed by atoms with Gasteiger partial charge in [0.05, 0.1) is 11.8 Å². The molecule has 3 fully saturated rings. The number of carbonyl (C=O) groups excluding carboxylic acids is 3. The SMILES string of the molecule is Cc1ccc(NC(=O)CN2C(=O)[C@@H]3[C@H]4C[C@@H]([C@H](Br)[C@@H]4Br)[C@@H]3C2=O)cc1. The molecule has 4 rings (SSSR count). The molecule has 0 radical (unpaired) electrons. The molecule has 5 nitrogen and oxygen atoms in total. The van der Waals surface area contributed by atoms with Crippen molar-refractivity contribution in [3.05, 3.63) is 29.8 Å². The molecule has 1 aliphatic heterocycles. The van der Waals surface area contributed by atoms with Crippen LogP contribution in [0.5, 0.6) is 0 Å². The van der Waals surface area contributed by atoms with E-state index in [1.807, 2.05) is 19.1 Å². The number of halogens is 2. The number of rotatable bonds is 3. The van der Waals surface area contributed by atoms with Crippen LogP contribution in [0.4, 0.5) is 5.69 Å². The van der Waals surface area contributed by atoms with Gasteiger partial charge < -0.3 is 5.32 Å². The number of imide groups is 1. The number of benzene rings is 1. The van der Waals surface area contributed by atoms with Crippen molar-refractivity contribution in [3.8, 4) is 0 Å². The molecule has 1 N–H and O–H groups in total. The number of amides is 3. The highest BCUT2D eigenvalue weighted by molar-refractivity contribution is 9.12. The normalized spacial score (nSPS) is 36.0. The van der Waals surface area contributed by atoms with Crippen LogP contribution in [-0.4, -0.2) is 38.8 Å². The first-order valence-electron chi connectivity index (χ1n) is 8.38. The Kier molecular flexibility index (Phi) is 4.27. The van der Waals surface area contributed by atoms with Gasteiger partial charge in [0.25, 0.3) is 0 Å². The molecule has 2 aliphatic carbocycles. The number of nitrogens with one attached hydrogen (secondary N) is 1. The number of hydrogen-bond acceptors (Lipinski definition) is 3. The van der Waals surface area contributed by atoms with Crippen molar-refractivity contribution in [2.75, 3.05) is 11.9 Å². The van der Waals surface area contributed by atoms with Crippen molar-refractivity contribution in [2.45, 2.75) is 23.0 Å². The molecule has 3 amide bonds. The summed E-state index contributed by atoms with van der Waals surface area (Å²) in [5, 5.41) is 2.75. The lowest BCUT2D eigenvalue weighted by atomic mass is 9.81. The summed E-state index contributed by atoms with van der Waals surface area (Å²) in [5.41, 5.74) is 1.76. The van der Waals surface area contributed by atoms with Crippen LogP contribution in [0.3, 0.4) is 0 Å². The van der Waals surface area contributed by atoms with Gasteiger partial charge in [-0.25, -0.2) is 0 Å². The first kappa shape index (κ1) is 17.2. The van der Waals surface area contributed by atoms with Crippen LogP contribution in [0, 0.1) is 30.6 Å². The molecular weight excluding hydrogens is 452 g/mol. The van der Waals surface area contributed by atoms with Gasteiger partial charge in [-0.15, -0.1) is 0 Å². The lowest BCUT2D eigenvalue weighted by Gasteiger charge is -2.28. The molecule has 6 atom stereocenters. The largest absolute Gasteiger partial charge is 0.325 e. The van der Waals surface area contributed by atoms with Crippen LogP contribution in [0.1, 0.15) is 12.0 Å². The minimum Gasteiger partial charge on any atom is -0.325 e. The van der Waals surface area contributed by atoms with E-state index in [9.17, 15) is 14.4 Å². The molecule has 0 unspecified atom stereocenters.